The molecule has 0 fully saturated rings. The number of nitrogens with zero attached hydrogens (tertiary/aromatic N) is 3. The fourth-order valence-electron chi connectivity index (χ4n) is 2.80. The maximum atomic E-state index is 12.7. The molecule has 1 heterocycles. The number of hydrogen-bond acceptors (Lipinski definition) is 4. The van der Waals surface area contributed by atoms with Crippen LogP contribution in [0, 0.1) is 10.1 Å². The van der Waals surface area contributed by atoms with Crippen LogP contribution in [0.1, 0.15) is 37.4 Å². The van der Waals surface area contributed by atoms with Crippen molar-refractivity contribution in [3.63, 3.8) is 0 Å². The molecule has 0 spiro atoms. The Kier molecular flexibility index (Phi) is 6.01. The number of hydrogen-bond donors (Lipinski definition) is 0. The van der Waals surface area contributed by atoms with Crippen LogP contribution in [0.4, 0.5) is 5.69 Å². The summed E-state index contributed by atoms with van der Waals surface area (Å²) in [6.45, 7) is 4.61. The van der Waals surface area contributed by atoms with Gasteiger partial charge in [-0.15, -0.1) is 0 Å². The Bertz CT molecular complexity index is 686. The first-order valence-electron chi connectivity index (χ1n) is 7.99. The van der Waals surface area contributed by atoms with E-state index >= 15 is 0 Å². The van der Waals surface area contributed by atoms with Crippen molar-refractivity contribution < 1.29 is 9.72 Å². The molecule has 0 bridgehead atoms. The average Bonchev–Trinajstić information content (AvgIpc) is 2.60. The molecule has 0 saturated carbocycles. The summed E-state index contributed by atoms with van der Waals surface area (Å²) in [7, 11) is 0. The van der Waals surface area contributed by atoms with E-state index < -0.39 is 4.92 Å². The molecule has 1 amide bonds. The number of aromatic nitrogens is 1. The van der Waals surface area contributed by atoms with Gasteiger partial charge in [0.2, 0.25) is 5.91 Å². The number of carbonyl (C=O) groups excluding carboxylic acids is 1. The molecule has 0 aliphatic rings. The molecular formula is C18H21N3O3. The number of nitro benzene ring substituents is 1. The Balaban J connectivity index is 2.14. The molecule has 1 aromatic carbocycles. The number of non-ortho nitro benzene ring substituents is 1. The van der Waals surface area contributed by atoms with Crippen molar-refractivity contribution >= 4 is 11.6 Å². The van der Waals surface area contributed by atoms with Gasteiger partial charge in [-0.1, -0.05) is 19.1 Å². The lowest BCUT2D eigenvalue weighted by atomic mass is 10.0. The van der Waals surface area contributed by atoms with E-state index in [4.69, 9.17) is 0 Å². The number of rotatable bonds is 7. The van der Waals surface area contributed by atoms with Crippen molar-refractivity contribution in [2.75, 3.05) is 6.54 Å². The van der Waals surface area contributed by atoms with Crippen LogP contribution in [0.25, 0.3) is 0 Å². The molecule has 0 N–H and O–H groups in total. The van der Waals surface area contributed by atoms with E-state index in [9.17, 15) is 14.9 Å². The summed E-state index contributed by atoms with van der Waals surface area (Å²) in [5.41, 5.74) is 1.86. The van der Waals surface area contributed by atoms with Gasteiger partial charge in [-0.05, 0) is 36.6 Å². The molecule has 6 nitrogen and oxygen atoms in total. The fraction of sp³-hybridized carbons (Fsp3) is 0.333. The Morgan fingerprint density at radius 3 is 2.29 bits per heavy atom. The molecule has 1 aromatic heterocycles. The standard InChI is InChI=1S/C18H21N3O3/c1-3-17(15-9-11-19-12-10-15)20(4-2)18(22)13-14-5-7-16(8-6-14)21(23)24/h5-12,17H,3-4,13H2,1-2H3/t17-/m0/s1. The van der Waals surface area contributed by atoms with E-state index in [0.717, 1.165) is 17.5 Å². The molecule has 0 aliphatic heterocycles. The number of carbonyl (C=O) groups is 1. The minimum atomic E-state index is -0.444. The number of nitro groups is 1. The third-order valence-corrected chi connectivity index (χ3v) is 4.02. The molecular weight excluding hydrogens is 306 g/mol. The van der Waals surface area contributed by atoms with E-state index in [1.807, 2.05) is 30.9 Å². The summed E-state index contributed by atoms with van der Waals surface area (Å²) >= 11 is 0. The first kappa shape index (κ1) is 17.6. The van der Waals surface area contributed by atoms with E-state index in [1.54, 1.807) is 24.5 Å². The Labute approximate surface area is 141 Å². The van der Waals surface area contributed by atoms with Gasteiger partial charge >= 0.3 is 0 Å². The molecule has 126 valence electrons. The van der Waals surface area contributed by atoms with Crippen molar-refractivity contribution in [3.05, 3.63) is 70.0 Å². The number of likely N-dealkylation sites (N-methyl/N-ethyl adjacent to an activating group) is 1. The average molecular weight is 327 g/mol. The predicted molar refractivity (Wildman–Crippen MR) is 91.5 cm³/mol. The Morgan fingerprint density at radius 1 is 1.17 bits per heavy atom. The highest BCUT2D eigenvalue weighted by atomic mass is 16.6. The zero-order chi connectivity index (χ0) is 17.5. The monoisotopic (exact) mass is 327 g/mol. The fourth-order valence-corrected chi connectivity index (χ4v) is 2.80. The minimum Gasteiger partial charge on any atom is -0.336 e. The predicted octanol–water partition coefficient (Wildman–Crippen LogP) is 3.53. The van der Waals surface area contributed by atoms with Crippen LogP contribution < -0.4 is 0 Å². The van der Waals surface area contributed by atoms with Gasteiger partial charge in [0.1, 0.15) is 0 Å². The molecule has 1 atom stereocenters. The van der Waals surface area contributed by atoms with Crippen molar-refractivity contribution in [3.8, 4) is 0 Å². The van der Waals surface area contributed by atoms with Gasteiger partial charge in [-0.25, -0.2) is 0 Å². The SMILES string of the molecule is CC[C@@H](c1ccncc1)N(CC)C(=O)Cc1ccc([N+](=O)[O-])cc1. The lowest BCUT2D eigenvalue weighted by molar-refractivity contribution is -0.384. The number of amides is 1. The van der Waals surface area contributed by atoms with Gasteiger partial charge in [-0.3, -0.25) is 19.9 Å². The maximum absolute atomic E-state index is 12.7. The summed E-state index contributed by atoms with van der Waals surface area (Å²) in [5.74, 6) is 0.00927. The zero-order valence-electron chi connectivity index (χ0n) is 13.9. The quantitative estimate of drug-likeness (QED) is 0.576. The van der Waals surface area contributed by atoms with E-state index in [0.29, 0.717) is 6.54 Å². The second-order valence-electron chi connectivity index (χ2n) is 5.48. The summed E-state index contributed by atoms with van der Waals surface area (Å²) in [4.78, 5) is 28.8. The van der Waals surface area contributed by atoms with Crippen molar-refractivity contribution in [2.45, 2.75) is 32.7 Å². The van der Waals surface area contributed by atoms with Crippen molar-refractivity contribution in [1.29, 1.82) is 0 Å². The van der Waals surface area contributed by atoms with Crippen LogP contribution in [0.15, 0.2) is 48.8 Å². The highest BCUT2D eigenvalue weighted by molar-refractivity contribution is 5.79. The molecule has 0 unspecified atom stereocenters. The van der Waals surface area contributed by atoms with Crippen molar-refractivity contribution in [2.24, 2.45) is 0 Å². The number of benzene rings is 1. The van der Waals surface area contributed by atoms with Crippen LogP contribution in [-0.2, 0) is 11.2 Å². The minimum absolute atomic E-state index is 0.00329. The van der Waals surface area contributed by atoms with Gasteiger partial charge in [0, 0.05) is 31.1 Å². The Morgan fingerprint density at radius 2 is 1.79 bits per heavy atom. The second-order valence-corrected chi connectivity index (χ2v) is 5.48. The van der Waals surface area contributed by atoms with Gasteiger partial charge in [0.25, 0.3) is 5.69 Å². The highest BCUT2D eigenvalue weighted by Crippen LogP contribution is 2.24. The summed E-state index contributed by atoms with van der Waals surface area (Å²) < 4.78 is 0. The molecule has 0 aliphatic carbocycles. The number of pyridine rings is 1. The van der Waals surface area contributed by atoms with Gasteiger partial charge in [0.15, 0.2) is 0 Å². The molecule has 24 heavy (non-hydrogen) atoms. The largest absolute Gasteiger partial charge is 0.336 e. The molecule has 6 heteroatoms. The summed E-state index contributed by atoms with van der Waals surface area (Å²) in [5, 5.41) is 10.7. The first-order chi connectivity index (χ1) is 11.6. The third-order valence-electron chi connectivity index (χ3n) is 4.02. The van der Waals surface area contributed by atoms with Crippen LogP contribution in [0.3, 0.4) is 0 Å². The van der Waals surface area contributed by atoms with E-state index in [-0.39, 0.29) is 24.1 Å². The maximum Gasteiger partial charge on any atom is 0.269 e. The van der Waals surface area contributed by atoms with Crippen LogP contribution >= 0.6 is 0 Å². The van der Waals surface area contributed by atoms with E-state index in [1.165, 1.54) is 12.1 Å². The normalized spacial score (nSPS) is 11.8. The van der Waals surface area contributed by atoms with Crippen LogP contribution in [0.5, 0.6) is 0 Å². The van der Waals surface area contributed by atoms with Crippen LogP contribution in [0.2, 0.25) is 0 Å². The smallest absolute Gasteiger partial charge is 0.269 e. The molecule has 0 radical (unpaired) electrons. The molecule has 2 rings (SSSR count). The Hall–Kier alpha value is -2.76. The summed E-state index contributed by atoms with van der Waals surface area (Å²) in [6.07, 6.45) is 4.50. The lowest BCUT2D eigenvalue weighted by Gasteiger charge is -2.30. The van der Waals surface area contributed by atoms with E-state index in [2.05, 4.69) is 4.98 Å². The topological polar surface area (TPSA) is 76.3 Å². The third kappa shape index (κ3) is 4.16. The van der Waals surface area contributed by atoms with Gasteiger partial charge < -0.3 is 4.90 Å². The summed E-state index contributed by atoms with van der Waals surface area (Å²) in [6, 6.07) is 9.99. The lowest BCUT2D eigenvalue weighted by Crippen LogP contribution is -2.35. The second kappa shape index (κ2) is 8.19. The van der Waals surface area contributed by atoms with Gasteiger partial charge in [0.05, 0.1) is 17.4 Å². The first-order valence-corrected chi connectivity index (χ1v) is 7.99. The van der Waals surface area contributed by atoms with Crippen molar-refractivity contribution in [1.82, 2.24) is 9.88 Å². The zero-order valence-corrected chi connectivity index (χ0v) is 13.9. The molecule has 2 aromatic rings. The van der Waals surface area contributed by atoms with Crippen LogP contribution in [-0.4, -0.2) is 27.3 Å². The van der Waals surface area contributed by atoms with Gasteiger partial charge in [-0.2, -0.15) is 0 Å². The highest BCUT2D eigenvalue weighted by Gasteiger charge is 2.22. The molecule has 0 saturated heterocycles.